The van der Waals surface area contributed by atoms with Gasteiger partial charge >= 0.3 is 0 Å². The van der Waals surface area contributed by atoms with Crippen molar-refractivity contribution in [2.24, 2.45) is 18.5 Å². The van der Waals surface area contributed by atoms with Crippen molar-refractivity contribution in [1.82, 2.24) is 14.0 Å². The molecule has 5 heterocycles. The van der Waals surface area contributed by atoms with E-state index >= 15 is 0 Å². The number of pyridine rings is 1. The van der Waals surface area contributed by atoms with Crippen molar-refractivity contribution in [3.63, 3.8) is 0 Å². The first kappa shape index (κ1) is 22.9. The predicted octanol–water partition coefficient (Wildman–Crippen LogP) is 3.77. The Kier molecular flexibility index (Phi) is 6.42. The molecule has 7 heteroatoms. The summed E-state index contributed by atoms with van der Waals surface area (Å²) in [6, 6.07) is 9.80. The molecule has 0 spiro atoms. The second-order valence-corrected chi connectivity index (χ2v) is 8.83. The largest absolute Gasteiger partial charge is 0.402 e. The van der Waals surface area contributed by atoms with Gasteiger partial charge in [-0.15, -0.1) is 0 Å². The predicted molar refractivity (Wildman–Crippen MR) is 133 cm³/mol. The summed E-state index contributed by atoms with van der Waals surface area (Å²) in [6.45, 7) is 5.21. The first-order valence-corrected chi connectivity index (χ1v) is 11.3. The van der Waals surface area contributed by atoms with Crippen molar-refractivity contribution in [1.29, 1.82) is 0 Å². The van der Waals surface area contributed by atoms with Crippen molar-refractivity contribution in [2.45, 2.75) is 32.2 Å². The van der Waals surface area contributed by atoms with E-state index < -0.39 is 0 Å². The highest BCUT2D eigenvalue weighted by Crippen LogP contribution is 2.40. The number of hydrogen-bond donors (Lipinski definition) is 2. The molecule has 3 aliphatic heterocycles. The topological polar surface area (TPSA) is 82.2 Å². The van der Waals surface area contributed by atoms with Crippen LogP contribution in [0.2, 0.25) is 0 Å². The van der Waals surface area contributed by atoms with Crippen molar-refractivity contribution < 1.29 is 4.39 Å². The molecule has 0 saturated carbocycles. The van der Waals surface area contributed by atoms with E-state index in [1.807, 2.05) is 12.1 Å². The highest BCUT2D eigenvalue weighted by Gasteiger charge is 2.31. The summed E-state index contributed by atoms with van der Waals surface area (Å²) in [4.78, 5) is 15.4. The Labute approximate surface area is 193 Å². The third kappa shape index (κ3) is 4.20. The van der Waals surface area contributed by atoms with Gasteiger partial charge in [-0.2, -0.15) is 0 Å². The Hall–Kier alpha value is -3.32. The van der Waals surface area contributed by atoms with Crippen molar-refractivity contribution >= 4 is 16.6 Å². The number of hydrogen-bond acceptors (Lipinski definition) is 4. The van der Waals surface area contributed by atoms with Gasteiger partial charge in [-0.3, -0.25) is 18.7 Å². The molecular weight excluding hydrogens is 417 g/mol. The SMILES string of the molecule is C/C(N)=C/C=C(\N)c1ccn(-c2ccc3c4c(n(C)c3c2)C2CCN(CC2)C4)c(=O)c1.CF. The van der Waals surface area contributed by atoms with E-state index in [0.29, 0.717) is 30.1 Å². The van der Waals surface area contributed by atoms with Crippen LogP contribution in [0, 0.1) is 0 Å². The maximum absolute atomic E-state index is 12.9. The Morgan fingerprint density at radius 2 is 1.82 bits per heavy atom. The lowest BCUT2D eigenvalue weighted by molar-refractivity contribution is 0.220. The number of halogens is 1. The molecule has 0 radical (unpaired) electrons. The molecule has 4 N–H and O–H groups in total. The van der Waals surface area contributed by atoms with Crippen LogP contribution in [0.25, 0.3) is 22.3 Å². The summed E-state index contributed by atoms with van der Waals surface area (Å²) < 4.78 is 13.5. The molecule has 2 aromatic heterocycles. The molecule has 33 heavy (non-hydrogen) atoms. The van der Waals surface area contributed by atoms with Crippen LogP contribution in [0.1, 0.15) is 42.5 Å². The smallest absolute Gasteiger partial charge is 0.255 e. The second kappa shape index (κ2) is 9.27. The first-order chi connectivity index (χ1) is 15.9. The number of aryl methyl sites for hydroxylation is 1. The van der Waals surface area contributed by atoms with Crippen molar-refractivity contribution in [3.05, 3.63) is 81.6 Å². The lowest BCUT2D eigenvalue weighted by Gasteiger charge is -2.27. The zero-order valence-corrected chi connectivity index (χ0v) is 19.5. The lowest BCUT2D eigenvalue weighted by atomic mass is 9.94. The fraction of sp³-hybridized carbons (Fsp3) is 0.346. The van der Waals surface area contributed by atoms with Crippen LogP contribution < -0.4 is 17.0 Å². The quantitative estimate of drug-likeness (QED) is 0.597. The number of piperidine rings is 1. The fourth-order valence-electron chi connectivity index (χ4n) is 5.14. The van der Waals surface area contributed by atoms with Crippen LogP contribution in [-0.4, -0.2) is 34.3 Å². The first-order valence-electron chi connectivity index (χ1n) is 11.3. The van der Waals surface area contributed by atoms with Crippen LogP contribution in [0.5, 0.6) is 0 Å². The molecular formula is C26H32FN5O. The molecule has 0 amide bonds. The van der Waals surface area contributed by atoms with E-state index in [1.165, 1.54) is 48.1 Å². The van der Waals surface area contributed by atoms with Gasteiger partial charge in [0.05, 0.1) is 18.4 Å². The summed E-state index contributed by atoms with van der Waals surface area (Å²) >= 11 is 0. The van der Waals surface area contributed by atoms with Crippen LogP contribution in [0.3, 0.4) is 0 Å². The van der Waals surface area contributed by atoms with Gasteiger partial charge in [-0.25, -0.2) is 0 Å². The van der Waals surface area contributed by atoms with E-state index in [9.17, 15) is 9.18 Å². The molecule has 6 nitrogen and oxygen atoms in total. The minimum Gasteiger partial charge on any atom is -0.402 e. The molecule has 174 valence electrons. The normalized spacial score (nSPS) is 20.2. The summed E-state index contributed by atoms with van der Waals surface area (Å²) in [5.41, 5.74) is 18.5. The van der Waals surface area contributed by atoms with Crippen LogP contribution in [0.4, 0.5) is 4.39 Å². The summed E-state index contributed by atoms with van der Waals surface area (Å²) in [7, 11) is 2.67. The van der Waals surface area contributed by atoms with E-state index in [1.54, 1.807) is 35.9 Å². The molecule has 3 aromatic rings. The third-order valence-electron chi connectivity index (χ3n) is 6.75. The van der Waals surface area contributed by atoms with E-state index in [0.717, 1.165) is 12.2 Å². The number of allylic oxidation sites excluding steroid dienone is 3. The average molecular weight is 450 g/mol. The fourth-order valence-corrected chi connectivity index (χ4v) is 5.14. The number of aromatic nitrogens is 2. The number of alkyl halides is 1. The molecule has 6 rings (SSSR count). The summed E-state index contributed by atoms with van der Waals surface area (Å²) in [5, 5.41) is 1.31. The van der Waals surface area contributed by atoms with Crippen molar-refractivity contribution in [2.75, 3.05) is 20.3 Å². The van der Waals surface area contributed by atoms with Gasteiger partial charge in [-0.1, -0.05) is 6.07 Å². The summed E-state index contributed by atoms with van der Waals surface area (Å²) in [5.74, 6) is 0.637. The van der Waals surface area contributed by atoms with E-state index in [4.69, 9.17) is 11.5 Å². The number of nitrogens with two attached hydrogens (primary N) is 2. The molecule has 3 aliphatic rings. The van der Waals surface area contributed by atoms with Crippen molar-refractivity contribution in [3.8, 4) is 5.69 Å². The van der Waals surface area contributed by atoms with Crippen LogP contribution in [-0.2, 0) is 13.6 Å². The molecule has 2 bridgehead atoms. The van der Waals surface area contributed by atoms with Gasteiger partial charge < -0.3 is 16.0 Å². The maximum Gasteiger partial charge on any atom is 0.255 e. The molecule has 1 aromatic carbocycles. The van der Waals surface area contributed by atoms with Gasteiger partial charge in [0.2, 0.25) is 0 Å². The van der Waals surface area contributed by atoms with E-state index in [-0.39, 0.29) is 5.56 Å². The standard InChI is InChI=1S/C25H29N5O.CH3F/c1-16(26)3-6-22(27)18-9-12-30(24(31)13-18)19-4-5-20-21-15-29-10-7-17(8-11-29)25(21)28(2)23(20)14-19;1-2/h3-6,9,12-14,17H,7-8,10-11,15,26-27H2,1-2H3;1H3/b16-3-,22-6-;. The van der Waals surface area contributed by atoms with Gasteiger partial charge in [0, 0.05) is 59.8 Å². The zero-order valence-electron chi connectivity index (χ0n) is 19.5. The number of fused-ring (bicyclic) bond motifs is 3. The molecule has 0 unspecified atom stereocenters. The average Bonchev–Trinajstić information content (AvgIpc) is 2.96. The molecule has 0 aliphatic carbocycles. The Morgan fingerprint density at radius 3 is 2.48 bits per heavy atom. The molecule has 1 fully saturated rings. The summed E-state index contributed by atoms with van der Waals surface area (Å²) in [6.07, 6.45) is 7.72. The number of nitrogens with zero attached hydrogens (tertiary/aromatic N) is 3. The zero-order chi connectivity index (χ0) is 23.7. The van der Waals surface area contributed by atoms with Crippen LogP contribution in [0.15, 0.2) is 59.2 Å². The Morgan fingerprint density at radius 1 is 1.09 bits per heavy atom. The van der Waals surface area contributed by atoms with Gasteiger partial charge in [0.15, 0.2) is 0 Å². The van der Waals surface area contributed by atoms with Crippen LogP contribution >= 0.6 is 0 Å². The minimum absolute atomic E-state index is 0.109. The Bertz CT molecular complexity index is 1290. The molecule has 0 atom stereocenters. The highest BCUT2D eigenvalue weighted by molar-refractivity contribution is 5.87. The maximum atomic E-state index is 12.9. The second-order valence-electron chi connectivity index (χ2n) is 8.83. The highest BCUT2D eigenvalue weighted by atomic mass is 19.1. The van der Waals surface area contributed by atoms with Gasteiger partial charge in [0.1, 0.15) is 0 Å². The van der Waals surface area contributed by atoms with Gasteiger partial charge in [-0.05, 0) is 68.8 Å². The van der Waals surface area contributed by atoms with E-state index in [2.05, 4.69) is 28.6 Å². The van der Waals surface area contributed by atoms with Gasteiger partial charge in [0.25, 0.3) is 5.56 Å². The molecule has 1 saturated heterocycles. The lowest BCUT2D eigenvalue weighted by Crippen LogP contribution is -2.29. The number of rotatable bonds is 3. The Balaban J connectivity index is 0.00000126. The minimum atomic E-state index is -0.109. The monoisotopic (exact) mass is 449 g/mol. The number of benzene rings is 1. The third-order valence-corrected chi connectivity index (χ3v) is 6.75.